The third-order valence-corrected chi connectivity index (χ3v) is 4.70. The molecule has 0 spiro atoms. The Morgan fingerprint density at radius 1 is 0.967 bits per heavy atom. The van der Waals surface area contributed by atoms with Crippen LogP contribution < -0.4 is 15.5 Å². The van der Waals surface area contributed by atoms with Gasteiger partial charge in [-0.25, -0.2) is 0 Å². The zero-order valence-corrected chi connectivity index (χ0v) is 16.0. The number of benzene rings is 2. The molecule has 9 heteroatoms. The van der Waals surface area contributed by atoms with Crippen molar-refractivity contribution >= 4 is 23.4 Å². The highest BCUT2D eigenvalue weighted by atomic mass is 19.4. The molecule has 0 aliphatic carbocycles. The van der Waals surface area contributed by atoms with Gasteiger partial charge in [0, 0.05) is 30.8 Å². The number of halogens is 3. The van der Waals surface area contributed by atoms with Crippen LogP contribution in [0.1, 0.15) is 34.3 Å². The van der Waals surface area contributed by atoms with E-state index in [2.05, 4.69) is 10.6 Å². The van der Waals surface area contributed by atoms with Crippen molar-refractivity contribution in [2.45, 2.75) is 25.6 Å². The van der Waals surface area contributed by atoms with Gasteiger partial charge in [-0.2, -0.15) is 13.2 Å². The van der Waals surface area contributed by atoms with Crippen molar-refractivity contribution in [1.29, 1.82) is 0 Å². The number of anilines is 1. The summed E-state index contributed by atoms with van der Waals surface area (Å²) in [6.07, 6.45) is -3.08. The number of alkyl halides is 3. The molecule has 0 aromatic heterocycles. The molecule has 3 amide bonds. The molecule has 2 N–H and O–H groups in total. The van der Waals surface area contributed by atoms with E-state index in [0.29, 0.717) is 24.1 Å². The Morgan fingerprint density at radius 3 is 2.20 bits per heavy atom. The predicted octanol–water partition coefficient (Wildman–Crippen LogP) is 2.88. The van der Waals surface area contributed by atoms with Crippen molar-refractivity contribution in [2.24, 2.45) is 0 Å². The molecule has 1 fully saturated rings. The minimum atomic E-state index is -4.41. The Labute approximate surface area is 171 Å². The van der Waals surface area contributed by atoms with Gasteiger partial charge >= 0.3 is 6.18 Å². The van der Waals surface area contributed by atoms with Crippen LogP contribution in [-0.2, 0) is 22.3 Å². The molecular formula is C21H20F3N3O3. The van der Waals surface area contributed by atoms with Gasteiger partial charge in [0.1, 0.15) is 0 Å². The molecule has 2 aromatic carbocycles. The quantitative estimate of drug-likeness (QED) is 0.756. The number of nitrogens with one attached hydrogen (secondary N) is 2. The highest BCUT2D eigenvalue weighted by molar-refractivity contribution is 5.98. The van der Waals surface area contributed by atoms with E-state index in [-0.39, 0.29) is 19.0 Å². The van der Waals surface area contributed by atoms with Gasteiger partial charge in [0.15, 0.2) is 0 Å². The largest absolute Gasteiger partial charge is 0.416 e. The van der Waals surface area contributed by atoms with E-state index in [1.54, 1.807) is 29.2 Å². The molecule has 3 rings (SSSR count). The fourth-order valence-electron chi connectivity index (χ4n) is 3.05. The summed E-state index contributed by atoms with van der Waals surface area (Å²) in [7, 11) is 0. The first kappa shape index (κ1) is 21.4. The third kappa shape index (κ3) is 5.37. The summed E-state index contributed by atoms with van der Waals surface area (Å²) in [4.78, 5) is 37.5. The number of hydrogen-bond acceptors (Lipinski definition) is 3. The SMILES string of the molecule is O=C(CNC(=O)c1ccc(N2CCCC2=O)cc1)NCc1ccc(C(F)(F)F)cc1. The van der Waals surface area contributed by atoms with E-state index in [1.807, 2.05) is 0 Å². The standard InChI is InChI=1S/C21H20F3N3O3/c22-21(23,24)16-7-3-14(4-8-16)12-25-18(28)13-26-20(30)15-5-9-17(10-6-15)27-11-1-2-19(27)29/h3-10H,1-2,11-13H2,(H,25,28)(H,26,30). The molecule has 1 saturated heterocycles. The molecule has 0 unspecified atom stereocenters. The molecule has 0 saturated carbocycles. The lowest BCUT2D eigenvalue weighted by atomic mass is 10.1. The van der Waals surface area contributed by atoms with Crippen LogP contribution in [-0.4, -0.2) is 30.8 Å². The first-order chi connectivity index (χ1) is 14.2. The molecule has 2 aromatic rings. The molecule has 0 radical (unpaired) electrons. The van der Waals surface area contributed by atoms with Gasteiger partial charge in [-0.15, -0.1) is 0 Å². The van der Waals surface area contributed by atoms with Crippen molar-refractivity contribution in [3.8, 4) is 0 Å². The molecule has 0 bridgehead atoms. The summed E-state index contributed by atoms with van der Waals surface area (Å²) in [6, 6.07) is 11.0. The van der Waals surface area contributed by atoms with E-state index in [4.69, 9.17) is 0 Å². The number of carbonyl (C=O) groups is 3. The Kier molecular flexibility index (Phi) is 6.39. The van der Waals surface area contributed by atoms with Crippen LogP contribution in [0.3, 0.4) is 0 Å². The molecule has 0 atom stereocenters. The zero-order valence-electron chi connectivity index (χ0n) is 16.0. The Morgan fingerprint density at radius 2 is 1.63 bits per heavy atom. The summed E-state index contributed by atoms with van der Waals surface area (Å²) in [5, 5.41) is 5.02. The van der Waals surface area contributed by atoms with Crippen molar-refractivity contribution in [3.05, 3.63) is 65.2 Å². The van der Waals surface area contributed by atoms with Crippen LogP contribution in [0.2, 0.25) is 0 Å². The summed E-state index contributed by atoms with van der Waals surface area (Å²) in [5.41, 5.74) is 0.823. The van der Waals surface area contributed by atoms with Crippen LogP contribution >= 0.6 is 0 Å². The monoisotopic (exact) mass is 419 g/mol. The number of amides is 3. The Balaban J connectivity index is 1.45. The molecule has 6 nitrogen and oxygen atoms in total. The van der Waals surface area contributed by atoms with Crippen LogP contribution in [0.25, 0.3) is 0 Å². The van der Waals surface area contributed by atoms with E-state index in [9.17, 15) is 27.6 Å². The minimum absolute atomic E-state index is 0.0470. The number of rotatable bonds is 6. The first-order valence-electron chi connectivity index (χ1n) is 9.35. The molecule has 30 heavy (non-hydrogen) atoms. The lowest BCUT2D eigenvalue weighted by molar-refractivity contribution is -0.137. The summed E-state index contributed by atoms with van der Waals surface area (Å²) < 4.78 is 37.6. The van der Waals surface area contributed by atoms with Crippen LogP contribution in [0.15, 0.2) is 48.5 Å². The second-order valence-corrected chi connectivity index (χ2v) is 6.85. The lowest BCUT2D eigenvalue weighted by Gasteiger charge is -2.15. The van der Waals surface area contributed by atoms with Crippen LogP contribution in [0.5, 0.6) is 0 Å². The van der Waals surface area contributed by atoms with E-state index in [1.165, 1.54) is 12.1 Å². The highest BCUT2D eigenvalue weighted by Crippen LogP contribution is 2.29. The summed E-state index contributed by atoms with van der Waals surface area (Å²) in [6.45, 7) is 0.431. The zero-order chi connectivity index (χ0) is 21.7. The maximum atomic E-state index is 12.5. The minimum Gasteiger partial charge on any atom is -0.350 e. The van der Waals surface area contributed by atoms with Gasteiger partial charge in [0.2, 0.25) is 11.8 Å². The summed E-state index contributed by atoms with van der Waals surface area (Å²) >= 11 is 0. The van der Waals surface area contributed by atoms with Crippen molar-refractivity contribution in [2.75, 3.05) is 18.0 Å². The van der Waals surface area contributed by atoms with Crippen molar-refractivity contribution < 1.29 is 27.6 Å². The maximum Gasteiger partial charge on any atom is 0.416 e. The van der Waals surface area contributed by atoms with Gasteiger partial charge < -0.3 is 15.5 Å². The topological polar surface area (TPSA) is 78.5 Å². The molecule has 1 heterocycles. The van der Waals surface area contributed by atoms with E-state index < -0.39 is 23.6 Å². The number of hydrogen-bond donors (Lipinski definition) is 2. The third-order valence-electron chi connectivity index (χ3n) is 4.70. The van der Waals surface area contributed by atoms with Crippen molar-refractivity contribution in [3.63, 3.8) is 0 Å². The number of carbonyl (C=O) groups excluding carboxylic acids is 3. The van der Waals surface area contributed by atoms with Gasteiger partial charge in [0.25, 0.3) is 5.91 Å². The maximum absolute atomic E-state index is 12.5. The van der Waals surface area contributed by atoms with Gasteiger partial charge in [0.05, 0.1) is 12.1 Å². The molecule has 158 valence electrons. The van der Waals surface area contributed by atoms with Gasteiger partial charge in [-0.1, -0.05) is 12.1 Å². The van der Waals surface area contributed by atoms with E-state index in [0.717, 1.165) is 24.2 Å². The number of nitrogens with zero attached hydrogens (tertiary/aromatic N) is 1. The average molecular weight is 419 g/mol. The fraction of sp³-hybridized carbons (Fsp3) is 0.286. The normalized spacial score (nSPS) is 14.0. The molecule has 1 aliphatic rings. The predicted molar refractivity (Wildman–Crippen MR) is 104 cm³/mol. The van der Waals surface area contributed by atoms with Crippen molar-refractivity contribution in [1.82, 2.24) is 10.6 Å². The fourth-order valence-corrected chi connectivity index (χ4v) is 3.05. The van der Waals surface area contributed by atoms with Crippen LogP contribution in [0.4, 0.5) is 18.9 Å². The Bertz CT molecular complexity index is 925. The van der Waals surface area contributed by atoms with Crippen LogP contribution in [0, 0.1) is 0 Å². The molecular weight excluding hydrogens is 399 g/mol. The molecule has 1 aliphatic heterocycles. The summed E-state index contributed by atoms with van der Waals surface area (Å²) in [5.74, 6) is -0.863. The van der Waals surface area contributed by atoms with Gasteiger partial charge in [-0.05, 0) is 48.4 Å². The average Bonchev–Trinajstić information content (AvgIpc) is 3.16. The second-order valence-electron chi connectivity index (χ2n) is 6.85. The smallest absolute Gasteiger partial charge is 0.350 e. The first-order valence-corrected chi connectivity index (χ1v) is 9.35. The lowest BCUT2D eigenvalue weighted by Crippen LogP contribution is -2.36. The highest BCUT2D eigenvalue weighted by Gasteiger charge is 2.29. The Hall–Kier alpha value is -3.36. The second kappa shape index (κ2) is 8.98. The van der Waals surface area contributed by atoms with Gasteiger partial charge in [-0.3, -0.25) is 14.4 Å². The van der Waals surface area contributed by atoms with E-state index >= 15 is 0 Å².